The van der Waals surface area contributed by atoms with Crippen LogP contribution in [0.1, 0.15) is 60.3 Å². The van der Waals surface area contributed by atoms with Gasteiger partial charge in [-0.1, -0.05) is 61.5 Å². The molecule has 1 aliphatic heterocycles. The van der Waals surface area contributed by atoms with Crippen LogP contribution in [0.5, 0.6) is 11.5 Å². The number of hydrogen-bond acceptors (Lipinski definition) is 5. The van der Waals surface area contributed by atoms with Crippen LogP contribution in [0, 0.1) is 0 Å². The van der Waals surface area contributed by atoms with E-state index >= 15 is 0 Å². The first kappa shape index (κ1) is 26.1. The van der Waals surface area contributed by atoms with E-state index in [0.717, 1.165) is 24.2 Å². The van der Waals surface area contributed by atoms with Gasteiger partial charge in [-0.3, -0.25) is 14.5 Å². The quantitative estimate of drug-likeness (QED) is 0.198. The van der Waals surface area contributed by atoms with Gasteiger partial charge in [-0.2, -0.15) is 0 Å². The molecular weight excluding hydrogens is 525 g/mol. The van der Waals surface area contributed by atoms with E-state index in [2.05, 4.69) is 6.92 Å². The molecule has 1 aromatic heterocycles. The van der Waals surface area contributed by atoms with Crippen molar-refractivity contribution in [3.05, 3.63) is 97.8 Å². The lowest BCUT2D eigenvalue weighted by Crippen LogP contribution is -2.29. The Labute approximate surface area is 230 Å². The molecule has 38 heavy (non-hydrogen) atoms. The van der Waals surface area contributed by atoms with E-state index in [0.29, 0.717) is 39.1 Å². The van der Waals surface area contributed by atoms with Crippen LogP contribution in [0.3, 0.4) is 0 Å². The number of halogens is 2. The average molecular weight is 552 g/mol. The molecule has 3 aromatic carbocycles. The molecule has 5 rings (SSSR count). The van der Waals surface area contributed by atoms with E-state index in [4.69, 9.17) is 37.1 Å². The first-order valence-electron chi connectivity index (χ1n) is 12.6. The van der Waals surface area contributed by atoms with E-state index in [1.165, 1.54) is 24.9 Å². The number of hydrogen-bond donors (Lipinski definition) is 0. The SMILES string of the molecule is CCCCCCOc1ccc(C2c3c(oc4ccc(Cl)cc4c3=O)C(=O)N2c2ccc(OC)c(Cl)c2)cc1. The van der Waals surface area contributed by atoms with Gasteiger partial charge < -0.3 is 13.9 Å². The maximum atomic E-state index is 13.8. The first-order valence-corrected chi connectivity index (χ1v) is 13.3. The number of ether oxygens (including phenoxy) is 2. The van der Waals surface area contributed by atoms with Crippen molar-refractivity contribution in [1.82, 2.24) is 0 Å². The maximum absolute atomic E-state index is 13.8. The molecule has 1 aliphatic rings. The first-order chi connectivity index (χ1) is 18.4. The molecule has 0 saturated carbocycles. The Kier molecular flexibility index (Phi) is 7.63. The fraction of sp³-hybridized carbons (Fsp3) is 0.267. The molecule has 4 aromatic rings. The van der Waals surface area contributed by atoms with E-state index < -0.39 is 11.9 Å². The van der Waals surface area contributed by atoms with Crippen LogP contribution in [0.15, 0.2) is 69.9 Å². The number of carbonyl (C=O) groups is 1. The van der Waals surface area contributed by atoms with Crippen molar-refractivity contribution in [1.29, 1.82) is 0 Å². The van der Waals surface area contributed by atoms with Gasteiger partial charge in [0.1, 0.15) is 17.1 Å². The summed E-state index contributed by atoms with van der Waals surface area (Å²) < 4.78 is 17.2. The zero-order valence-corrected chi connectivity index (χ0v) is 22.6. The molecule has 0 saturated heterocycles. The second-order valence-electron chi connectivity index (χ2n) is 9.19. The molecule has 0 aliphatic carbocycles. The zero-order chi connectivity index (χ0) is 26.8. The van der Waals surface area contributed by atoms with Gasteiger partial charge in [0.25, 0.3) is 5.91 Å². The topological polar surface area (TPSA) is 69.0 Å². The molecule has 8 heteroatoms. The van der Waals surface area contributed by atoms with E-state index in [1.54, 1.807) is 36.4 Å². The van der Waals surface area contributed by atoms with Crippen molar-refractivity contribution in [3.8, 4) is 11.5 Å². The third-order valence-corrected chi connectivity index (χ3v) is 7.24. The summed E-state index contributed by atoms with van der Waals surface area (Å²) in [6.45, 7) is 2.81. The molecule has 1 unspecified atom stereocenters. The normalized spacial score (nSPS) is 14.7. The molecular formula is C30H27Cl2NO5. The van der Waals surface area contributed by atoms with Crippen molar-refractivity contribution in [3.63, 3.8) is 0 Å². The molecule has 0 N–H and O–H groups in total. The van der Waals surface area contributed by atoms with Crippen LogP contribution in [-0.4, -0.2) is 19.6 Å². The van der Waals surface area contributed by atoms with Crippen LogP contribution < -0.4 is 19.8 Å². The summed E-state index contributed by atoms with van der Waals surface area (Å²) >= 11 is 12.6. The third-order valence-electron chi connectivity index (χ3n) is 6.71. The van der Waals surface area contributed by atoms with E-state index in [9.17, 15) is 9.59 Å². The van der Waals surface area contributed by atoms with E-state index in [-0.39, 0.29) is 16.8 Å². The van der Waals surface area contributed by atoms with Crippen molar-refractivity contribution in [2.45, 2.75) is 38.6 Å². The minimum absolute atomic E-state index is 0.00184. The highest BCUT2D eigenvalue weighted by molar-refractivity contribution is 6.32. The Hall–Kier alpha value is -3.48. The number of amides is 1. The van der Waals surface area contributed by atoms with Crippen molar-refractivity contribution in [2.24, 2.45) is 0 Å². The summed E-state index contributed by atoms with van der Waals surface area (Å²) in [4.78, 5) is 29.1. The van der Waals surface area contributed by atoms with Gasteiger partial charge in [0, 0.05) is 10.7 Å². The summed E-state index contributed by atoms with van der Waals surface area (Å²) in [5.41, 5.74) is 1.49. The molecule has 0 spiro atoms. The highest BCUT2D eigenvalue weighted by Crippen LogP contribution is 2.43. The van der Waals surface area contributed by atoms with Gasteiger partial charge in [-0.05, 0) is 60.5 Å². The lowest BCUT2D eigenvalue weighted by Gasteiger charge is -2.26. The highest BCUT2D eigenvalue weighted by atomic mass is 35.5. The molecule has 2 heterocycles. The number of rotatable bonds is 9. The van der Waals surface area contributed by atoms with Crippen molar-refractivity contribution in [2.75, 3.05) is 18.6 Å². The second kappa shape index (κ2) is 11.1. The molecule has 0 radical (unpaired) electrons. The predicted molar refractivity (Wildman–Crippen MR) is 150 cm³/mol. The van der Waals surface area contributed by atoms with Gasteiger partial charge in [0.15, 0.2) is 5.43 Å². The maximum Gasteiger partial charge on any atom is 0.295 e. The molecule has 0 bridgehead atoms. The Morgan fingerprint density at radius 3 is 2.45 bits per heavy atom. The minimum atomic E-state index is -0.736. The van der Waals surface area contributed by atoms with Gasteiger partial charge in [-0.15, -0.1) is 0 Å². The van der Waals surface area contributed by atoms with Crippen LogP contribution in [0.25, 0.3) is 11.0 Å². The summed E-state index contributed by atoms with van der Waals surface area (Å²) in [5.74, 6) is 0.770. The molecule has 0 fully saturated rings. The Bertz CT molecular complexity index is 1550. The number of fused-ring (bicyclic) bond motifs is 2. The molecule has 1 atom stereocenters. The summed E-state index contributed by atoms with van der Waals surface area (Å²) in [6, 6.07) is 16.6. The number of unbranched alkanes of at least 4 members (excludes halogenated alkanes) is 3. The largest absolute Gasteiger partial charge is 0.495 e. The summed E-state index contributed by atoms with van der Waals surface area (Å²) in [7, 11) is 1.52. The number of methoxy groups -OCH3 is 1. The second-order valence-corrected chi connectivity index (χ2v) is 10.0. The minimum Gasteiger partial charge on any atom is -0.495 e. The summed E-state index contributed by atoms with van der Waals surface area (Å²) in [6.07, 6.45) is 4.47. The van der Waals surface area contributed by atoms with Crippen LogP contribution in [0.4, 0.5) is 5.69 Å². The van der Waals surface area contributed by atoms with Crippen molar-refractivity contribution < 1.29 is 18.7 Å². The fourth-order valence-corrected chi connectivity index (χ4v) is 5.22. The lowest BCUT2D eigenvalue weighted by molar-refractivity contribution is 0.0971. The Balaban J connectivity index is 1.59. The fourth-order valence-electron chi connectivity index (χ4n) is 4.80. The Morgan fingerprint density at radius 2 is 1.74 bits per heavy atom. The standard InChI is InChI=1S/C30H27Cl2NO5/c1-3-4-5-6-15-37-21-11-7-18(8-12-21)27-26-28(34)22-16-19(31)9-13-24(22)38-29(26)30(35)33(27)20-10-14-25(36-2)23(32)17-20/h7-14,16-17,27H,3-6,15H2,1-2H3. The highest BCUT2D eigenvalue weighted by Gasteiger charge is 2.43. The monoisotopic (exact) mass is 551 g/mol. The third kappa shape index (κ3) is 4.86. The zero-order valence-electron chi connectivity index (χ0n) is 21.1. The van der Waals surface area contributed by atoms with Gasteiger partial charge in [-0.25, -0.2) is 0 Å². The van der Waals surface area contributed by atoms with Gasteiger partial charge >= 0.3 is 0 Å². The van der Waals surface area contributed by atoms with Crippen LogP contribution in [0.2, 0.25) is 10.0 Å². The van der Waals surface area contributed by atoms with Gasteiger partial charge in [0.2, 0.25) is 5.76 Å². The lowest BCUT2D eigenvalue weighted by atomic mass is 9.98. The predicted octanol–water partition coefficient (Wildman–Crippen LogP) is 7.82. The number of carbonyl (C=O) groups excluding carboxylic acids is 1. The number of benzene rings is 3. The smallest absolute Gasteiger partial charge is 0.295 e. The van der Waals surface area contributed by atoms with Crippen LogP contribution in [-0.2, 0) is 0 Å². The van der Waals surface area contributed by atoms with Crippen molar-refractivity contribution >= 4 is 45.8 Å². The molecule has 196 valence electrons. The van der Waals surface area contributed by atoms with Gasteiger partial charge in [0.05, 0.1) is 35.7 Å². The Morgan fingerprint density at radius 1 is 0.947 bits per heavy atom. The average Bonchev–Trinajstić information content (AvgIpc) is 3.21. The number of anilines is 1. The number of nitrogens with zero attached hydrogens (tertiary/aromatic N) is 1. The molecule has 6 nitrogen and oxygen atoms in total. The molecule has 1 amide bonds. The van der Waals surface area contributed by atoms with E-state index in [1.807, 2.05) is 24.3 Å². The summed E-state index contributed by atoms with van der Waals surface area (Å²) in [5, 5.41) is 1.07. The van der Waals surface area contributed by atoms with Crippen LogP contribution >= 0.6 is 23.2 Å².